The third-order valence-electron chi connectivity index (χ3n) is 3.11. The quantitative estimate of drug-likeness (QED) is 0.490. The van der Waals surface area contributed by atoms with Crippen molar-refractivity contribution in [3.63, 3.8) is 0 Å². The normalized spacial score (nSPS) is 11.0. The van der Waals surface area contributed by atoms with Crippen LogP contribution in [0.4, 0.5) is 0 Å². The van der Waals surface area contributed by atoms with Crippen molar-refractivity contribution in [1.29, 1.82) is 0 Å². The Balaban J connectivity index is 2.41. The second kappa shape index (κ2) is 7.67. The van der Waals surface area contributed by atoms with Crippen molar-refractivity contribution >= 4 is 14.0 Å². The smallest absolute Gasteiger partial charge is 0.0671 e. The van der Waals surface area contributed by atoms with Crippen LogP contribution < -0.4 is 5.19 Å². The van der Waals surface area contributed by atoms with Gasteiger partial charge in [0.05, 0.1) is 8.80 Å². The highest BCUT2D eigenvalue weighted by Gasteiger charge is 2.06. The summed E-state index contributed by atoms with van der Waals surface area (Å²) in [6.07, 6.45) is 8.21. The average Bonchev–Trinajstić information content (AvgIpc) is 2.29. The molecule has 0 aliphatic heterocycles. The average molecular weight is 233 g/mol. The predicted molar refractivity (Wildman–Crippen MR) is 76.0 cm³/mol. The first-order valence-corrected chi connectivity index (χ1v) is 9.14. The van der Waals surface area contributed by atoms with Gasteiger partial charge in [-0.3, -0.25) is 0 Å². The zero-order valence-corrected chi connectivity index (χ0v) is 12.1. The summed E-state index contributed by atoms with van der Waals surface area (Å²) in [4.78, 5) is 0. The van der Waals surface area contributed by atoms with Gasteiger partial charge in [-0.15, -0.1) is 0 Å². The molecule has 89 valence electrons. The molecule has 1 heteroatoms. The van der Waals surface area contributed by atoms with Gasteiger partial charge in [0.15, 0.2) is 0 Å². The van der Waals surface area contributed by atoms with E-state index in [0.29, 0.717) is 0 Å². The maximum absolute atomic E-state index is 2.39. The lowest BCUT2D eigenvalue weighted by atomic mass is 10.1. The van der Waals surface area contributed by atoms with Crippen molar-refractivity contribution < 1.29 is 0 Å². The van der Waals surface area contributed by atoms with Crippen molar-refractivity contribution in [2.45, 2.75) is 58.5 Å². The lowest BCUT2D eigenvalue weighted by Crippen LogP contribution is -2.26. The highest BCUT2D eigenvalue weighted by Crippen LogP contribution is 2.08. The van der Waals surface area contributed by atoms with Gasteiger partial charge in [0.1, 0.15) is 0 Å². The SMILES string of the molecule is CCCCCCCc1ccccc1[Si](C)C. The molecule has 0 aliphatic carbocycles. The van der Waals surface area contributed by atoms with E-state index >= 15 is 0 Å². The molecule has 0 spiro atoms. The van der Waals surface area contributed by atoms with E-state index in [-0.39, 0.29) is 8.80 Å². The molecule has 1 rings (SSSR count). The van der Waals surface area contributed by atoms with Crippen LogP contribution in [-0.2, 0) is 6.42 Å². The lowest BCUT2D eigenvalue weighted by molar-refractivity contribution is 0.633. The molecule has 1 aromatic rings. The van der Waals surface area contributed by atoms with Crippen LogP contribution in [-0.4, -0.2) is 8.80 Å². The van der Waals surface area contributed by atoms with E-state index in [4.69, 9.17) is 0 Å². The number of hydrogen-bond acceptors (Lipinski definition) is 0. The predicted octanol–water partition coefficient (Wildman–Crippen LogP) is 4.16. The van der Waals surface area contributed by atoms with Crippen LogP contribution >= 0.6 is 0 Å². The van der Waals surface area contributed by atoms with E-state index in [1.165, 1.54) is 38.5 Å². The molecule has 0 fully saturated rings. The first-order chi connectivity index (χ1) is 7.75. The van der Waals surface area contributed by atoms with E-state index in [1.54, 1.807) is 10.8 Å². The maximum Gasteiger partial charge on any atom is 0.0795 e. The van der Waals surface area contributed by atoms with Gasteiger partial charge in [-0.2, -0.15) is 0 Å². The molecular formula is C15H25Si. The molecule has 0 atom stereocenters. The molecule has 0 saturated carbocycles. The standard InChI is InChI=1S/C15H25Si/c1-4-5-6-7-8-11-14-12-9-10-13-15(14)16(2)3/h9-10,12-13H,4-8,11H2,1-3H3. The van der Waals surface area contributed by atoms with Crippen LogP contribution in [0.2, 0.25) is 13.1 Å². The van der Waals surface area contributed by atoms with Gasteiger partial charge >= 0.3 is 0 Å². The molecule has 0 nitrogen and oxygen atoms in total. The summed E-state index contributed by atoms with van der Waals surface area (Å²) in [5, 5.41) is 1.64. The van der Waals surface area contributed by atoms with Gasteiger partial charge in [-0.1, -0.05) is 75.2 Å². The van der Waals surface area contributed by atoms with Gasteiger partial charge in [0.25, 0.3) is 0 Å². The molecule has 1 radical (unpaired) electrons. The Hall–Kier alpha value is -0.563. The topological polar surface area (TPSA) is 0 Å². The van der Waals surface area contributed by atoms with E-state index in [2.05, 4.69) is 44.3 Å². The largest absolute Gasteiger partial charge is 0.0795 e. The molecule has 0 aliphatic rings. The fourth-order valence-corrected chi connectivity index (χ4v) is 3.43. The Morgan fingerprint density at radius 1 is 0.938 bits per heavy atom. The molecule has 0 heterocycles. The Kier molecular flexibility index (Phi) is 6.47. The zero-order chi connectivity index (χ0) is 11.8. The first-order valence-electron chi connectivity index (χ1n) is 6.64. The lowest BCUT2D eigenvalue weighted by Gasteiger charge is -2.11. The fourth-order valence-electron chi connectivity index (χ4n) is 2.15. The van der Waals surface area contributed by atoms with E-state index in [9.17, 15) is 0 Å². The van der Waals surface area contributed by atoms with Gasteiger partial charge in [-0.25, -0.2) is 0 Å². The summed E-state index contributed by atoms with van der Waals surface area (Å²) >= 11 is 0. The summed E-state index contributed by atoms with van der Waals surface area (Å²) in [5.74, 6) is 0. The Morgan fingerprint density at radius 3 is 2.31 bits per heavy atom. The first kappa shape index (κ1) is 13.5. The van der Waals surface area contributed by atoms with Crippen molar-refractivity contribution in [2.24, 2.45) is 0 Å². The maximum atomic E-state index is 2.39. The second-order valence-corrected chi connectivity index (χ2v) is 7.36. The van der Waals surface area contributed by atoms with Gasteiger partial charge in [-0.05, 0) is 18.4 Å². The van der Waals surface area contributed by atoms with Crippen LogP contribution in [0.5, 0.6) is 0 Å². The van der Waals surface area contributed by atoms with Crippen LogP contribution in [0.1, 0.15) is 44.6 Å². The van der Waals surface area contributed by atoms with Crippen LogP contribution in [0.3, 0.4) is 0 Å². The third-order valence-corrected chi connectivity index (χ3v) is 4.67. The minimum Gasteiger partial charge on any atom is -0.0671 e. The van der Waals surface area contributed by atoms with Gasteiger partial charge in [0, 0.05) is 0 Å². The number of benzene rings is 1. The van der Waals surface area contributed by atoms with Crippen LogP contribution in [0, 0.1) is 0 Å². The molecule has 0 N–H and O–H groups in total. The van der Waals surface area contributed by atoms with E-state index in [1.807, 2.05) is 0 Å². The van der Waals surface area contributed by atoms with Crippen molar-refractivity contribution in [2.75, 3.05) is 0 Å². The summed E-state index contributed by atoms with van der Waals surface area (Å²) in [7, 11) is -0.288. The van der Waals surface area contributed by atoms with E-state index in [0.717, 1.165) is 0 Å². The minimum absolute atomic E-state index is 0.288. The monoisotopic (exact) mass is 233 g/mol. The fraction of sp³-hybridized carbons (Fsp3) is 0.600. The van der Waals surface area contributed by atoms with Crippen molar-refractivity contribution in [3.8, 4) is 0 Å². The molecule has 0 saturated heterocycles. The molecule has 0 unspecified atom stereocenters. The Labute approximate surface area is 103 Å². The summed E-state index contributed by atoms with van der Waals surface area (Å²) < 4.78 is 0. The minimum atomic E-state index is -0.288. The van der Waals surface area contributed by atoms with Crippen molar-refractivity contribution in [3.05, 3.63) is 29.8 Å². The van der Waals surface area contributed by atoms with Crippen molar-refractivity contribution in [1.82, 2.24) is 0 Å². The van der Waals surface area contributed by atoms with E-state index < -0.39 is 0 Å². The molecular weight excluding hydrogens is 208 g/mol. The van der Waals surface area contributed by atoms with Crippen LogP contribution in [0.15, 0.2) is 24.3 Å². The highest BCUT2D eigenvalue weighted by molar-refractivity contribution is 6.71. The summed E-state index contributed by atoms with van der Waals surface area (Å²) in [6, 6.07) is 9.03. The molecule has 0 aromatic heterocycles. The zero-order valence-electron chi connectivity index (χ0n) is 11.1. The number of hydrogen-bond donors (Lipinski definition) is 0. The number of rotatable bonds is 7. The number of aryl methyl sites for hydroxylation is 1. The molecule has 16 heavy (non-hydrogen) atoms. The highest BCUT2D eigenvalue weighted by atomic mass is 28.3. The van der Waals surface area contributed by atoms with Gasteiger partial charge < -0.3 is 0 Å². The summed E-state index contributed by atoms with van der Waals surface area (Å²) in [5.41, 5.74) is 1.61. The molecule has 1 aromatic carbocycles. The second-order valence-electron chi connectivity index (χ2n) is 4.82. The number of unbranched alkanes of at least 4 members (excludes halogenated alkanes) is 4. The Bertz CT molecular complexity index is 291. The van der Waals surface area contributed by atoms with Crippen LogP contribution in [0.25, 0.3) is 0 Å². The Morgan fingerprint density at radius 2 is 1.62 bits per heavy atom. The molecule has 0 amide bonds. The van der Waals surface area contributed by atoms with Gasteiger partial charge in [0.2, 0.25) is 0 Å². The molecule has 0 bridgehead atoms. The summed E-state index contributed by atoms with van der Waals surface area (Å²) in [6.45, 7) is 7.05. The third kappa shape index (κ3) is 4.52.